The number of urea groups is 1. The van der Waals surface area contributed by atoms with E-state index in [9.17, 15) is 24.0 Å². The first-order valence-corrected chi connectivity index (χ1v) is 24.4. The molecule has 5 amide bonds. The molecular weight excluding hydrogens is 1000 g/mol. The summed E-state index contributed by atoms with van der Waals surface area (Å²) in [5, 5.41) is 8.12. The number of nitrogens with one attached hydrogen (secondary N) is 2. The second-order valence-electron chi connectivity index (χ2n) is 19.5. The number of cyclic esters (lactones) is 1. The van der Waals surface area contributed by atoms with E-state index < -0.39 is 41.3 Å². The first-order chi connectivity index (χ1) is 31.9. The smallest absolute Gasteiger partial charge is 0.324 e. The predicted octanol–water partition coefficient (Wildman–Crippen LogP) is 5.44. The molecule has 0 aliphatic carbocycles. The number of pyridine rings is 1. The van der Waals surface area contributed by atoms with E-state index in [4.69, 9.17) is 19.4 Å². The number of hydrogen-bond acceptors (Lipinski definition) is 12. The van der Waals surface area contributed by atoms with Crippen molar-refractivity contribution in [2.75, 3.05) is 74.1 Å². The minimum absolute atomic E-state index is 0. The minimum Gasteiger partial charge on any atom is -0.464 e. The molecule has 4 atom stereocenters. The van der Waals surface area contributed by atoms with Crippen LogP contribution in [0.5, 0.6) is 0 Å². The average molecular weight is 1080 g/mol. The van der Waals surface area contributed by atoms with Crippen LogP contribution >= 0.6 is 65.3 Å². The first kappa shape index (κ1) is 61.3. The normalized spacial score (nSPS) is 19.0. The van der Waals surface area contributed by atoms with Crippen LogP contribution in [0.4, 0.5) is 4.79 Å². The van der Waals surface area contributed by atoms with Gasteiger partial charge >= 0.3 is 12.0 Å². The Morgan fingerprint density at radius 2 is 1.69 bits per heavy atom. The predicted molar refractivity (Wildman–Crippen MR) is 299 cm³/mol. The lowest BCUT2D eigenvalue weighted by Crippen LogP contribution is -2.63. The quantitative estimate of drug-likeness (QED) is 0.194. The van der Waals surface area contributed by atoms with Gasteiger partial charge in [-0.15, -0.1) is 11.3 Å². The molecule has 6 heterocycles. The van der Waals surface area contributed by atoms with Crippen LogP contribution in [0.1, 0.15) is 76.8 Å². The number of hydrazine groups is 1. The summed E-state index contributed by atoms with van der Waals surface area (Å²) < 4.78 is 14.2. The highest BCUT2D eigenvalue weighted by Crippen LogP contribution is 2.42. The Bertz CT molecular complexity index is 2480. The van der Waals surface area contributed by atoms with E-state index in [1.165, 1.54) is 21.2 Å². The Kier molecular flexibility index (Phi) is 22.7. The van der Waals surface area contributed by atoms with Crippen molar-refractivity contribution in [2.24, 2.45) is 11.3 Å². The van der Waals surface area contributed by atoms with Crippen LogP contribution in [0.3, 0.4) is 0 Å². The molecule has 22 heteroatoms. The second kappa shape index (κ2) is 26.3. The number of thiazole rings is 1. The van der Waals surface area contributed by atoms with Gasteiger partial charge in [-0.1, -0.05) is 33.8 Å². The number of carbonyl (C=O) groups excluding carboxylic acids is 5. The van der Waals surface area contributed by atoms with Crippen molar-refractivity contribution in [2.45, 2.75) is 98.0 Å². The average Bonchev–Trinajstić information content (AvgIpc) is 3.90. The van der Waals surface area contributed by atoms with E-state index in [0.29, 0.717) is 63.5 Å². The summed E-state index contributed by atoms with van der Waals surface area (Å²) in [6.45, 7) is 14.9. The van der Waals surface area contributed by atoms with Crippen LogP contribution in [-0.4, -0.2) is 161 Å². The van der Waals surface area contributed by atoms with Gasteiger partial charge in [0.2, 0.25) is 11.8 Å². The van der Waals surface area contributed by atoms with Crippen molar-refractivity contribution in [3.8, 4) is 22.5 Å². The number of methoxy groups -OCH3 is 1. The maximum Gasteiger partial charge on any atom is 0.324 e. The molecule has 71 heavy (non-hydrogen) atoms. The lowest BCUT2D eigenvalue weighted by Gasteiger charge is -2.40. The molecular formula is C49H76N10O7S5. The number of fused-ring (bicyclic) bond motifs is 6. The molecule has 0 spiro atoms. The number of rotatable bonds is 10. The van der Waals surface area contributed by atoms with E-state index in [0.717, 1.165) is 44.7 Å². The zero-order valence-corrected chi connectivity index (χ0v) is 47.6. The van der Waals surface area contributed by atoms with Gasteiger partial charge in [0.25, 0.3) is 5.91 Å². The summed E-state index contributed by atoms with van der Waals surface area (Å²) in [5.41, 5.74) is 9.27. The number of carbonyl (C=O) groups is 5. The van der Waals surface area contributed by atoms with Crippen molar-refractivity contribution in [3.63, 3.8) is 0 Å². The number of ether oxygens (including phenoxy) is 2. The number of aryl methyl sites for hydroxylation is 1. The van der Waals surface area contributed by atoms with Gasteiger partial charge in [0, 0.05) is 98.9 Å². The molecule has 0 radical (unpaired) electrons. The van der Waals surface area contributed by atoms with Crippen LogP contribution in [0.25, 0.3) is 33.4 Å². The molecule has 3 aliphatic rings. The van der Waals surface area contributed by atoms with E-state index >= 15 is 0 Å². The van der Waals surface area contributed by atoms with Gasteiger partial charge in [-0.05, 0) is 83.0 Å². The summed E-state index contributed by atoms with van der Waals surface area (Å²) in [6, 6.07) is 7.29. The zero-order valence-electron chi connectivity index (χ0n) is 42.8. The molecule has 0 saturated carbocycles. The van der Waals surface area contributed by atoms with Crippen LogP contribution in [0.15, 0.2) is 41.9 Å². The fourth-order valence-electron chi connectivity index (χ4n) is 9.61. The SMILES string of the molecule is CCn1c(-c2cccnc2[C@H](C)OC)c2c3cc(ccc31)-c1csc(n1)C[C@H](NC(=O)[C@H](C(C)C)N(C)C(=O)N1CCN(C(=O)CN(C)C)CC1)C(=O)N1CCC[C@H](N1)C(=O)OCC(C)(C)C2.S.S.S.S. The Hall–Kier alpha value is -4.03. The fourth-order valence-corrected chi connectivity index (χ4v) is 10.5. The molecule has 17 nitrogen and oxygen atoms in total. The highest BCUT2D eigenvalue weighted by atomic mass is 32.1. The minimum atomic E-state index is -1.08. The van der Waals surface area contributed by atoms with Crippen LogP contribution in [0, 0.1) is 11.3 Å². The van der Waals surface area contributed by atoms with Gasteiger partial charge in [0.1, 0.15) is 18.1 Å². The number of esters is 1. The van der Waals surface area contributed by atoms with E-state index in [1.807, 2.05) is 51.2 Å². The Morgan fingerprint density at radius 3 is 2.34 bits per heavy atom. The summed E-state index contributed by atoms with van der Waals surface area (Å²) in [6.07, 6.45) is 3.19. The topological polar surface area (TPSA) is 175 Å². The van der Waals surface area contributed by atoms with Crippen molar-refractivity contribution in [3.05, 3.63) is 58.2 Å². The first-order valence-electron chi connectivity index (χ1n) is 23.5. The Balaban J connectivity index is 0.00000333. The molecule has 2 saturated heterocycles. The van der Waals surface area contributed by atoms with Crippen molar-refractivity contribution in [1.82, 2.24) is 49.9 Å². The van der Waals surface area contributed by atoms with Gasteiger partial charge < -0.3 is 39.0 Å². The van der Waals surface area contributed by atoms with Crippen molar-refractivity contribution >= 4 is 106 Å². The van der Waals surface area contributed by atoms with Gasteiger partial charge in [-0.25, -0.2) is 15.2 Å². The van der Waals surface area contributed by atoms with Crippen LogP contribution in [-0.2, 0) is 48.0 Å². The van der Waals surface area contributed by atoms with Gasteiger partial charge in [-0.3, -0.25) is 29.2 Å². The third kappa shape index (κ3) is 13.8. The largest absolute Gasteiger partial charge is 0.464 e. The highest BCUT2D eigenvalue weighted by Gasteiger charge is 2.39. The molecule has 2 fully saturated rings. The maximum absolute atomic E-state index is 14.7. The number of amides is 5. The zero-order chi connectivity index (χ0) is 48.3. The van der Waals surface area contributed by atoms with Gasteiger partial charge in [0.15, 0.2) is 0 Å². The lowest BCUT2D eigenvalue weighted by molar-refractivity contribution is -0.155. The third-order valence-electron chi connectivity index (χ3n) is 13.1. The lowest BCUT2D eigenvalue weighted by atomic mass is 9.84. The number of piperazine rings is 1. The summed E-state index contributed by atoms with van der Waals surface area (Å²) in [4.78, 5) is 86.3. The van der Waals surface area contributed by atoms with Gasteiger partial charge in [0.05, 0.1) is 41.3 Å². The monoisotopic (exact) mass is 1080 g/mol. The molecule has 0 unspecified atom stereocenters. The third-order valence-corrected chi connectivity index (χ3v) is 14.0. The highest BCUT2D eigenvalue weighted by molar-refractivity contribution is 7.59. The summed E-state index contributed by atoms with van der Waals surface area (Å²) >= 11 is 1.41. The molecule has 7 rings (SSSR count). The number of benzene rings is 1. The number of aromatic nitrogens is 3. The van der Waals surface area contributed by atoms with Gasteiger partial charge in [-0.2, -0.15) is 54.0 Å². The molecule has 2 N–H and O–H groups in total. The van der Waals surface area contributed by atoms with Crippen molar-refractivity contribution in [1.29, 1.82) is 0 Å². The van der Waals surface area contributed by atoms with E-state index in [-0.39, 0.29) is 97.5 Å². The van der Waals surface area contributed by atoms with E-state index in [1.54, 1.807) is 30.2 Å². The van der Waals surface area contributed by atoms with Crippen LogP contribution < -0.4 is 10.7 Å². The standard InChI is InChI=1S/C49H68N10O7S.4H2S/c1-11-58-39-17-16-32-24-34(39)35(44(58)33-14-12-18-50-42(33)31(4)65-10)26-49(5,6)29-66-47(63)36-15-13-19-59(53-36)46(62)37(25-40-51-38(32)28-67-40)52-45(61)43(30(2)3)55(9)48(64)57-22-20-56(21-23-57)41(60)27-54(7)8;;;;/h12,14,16-18,24,28,30-31,36-37,43,53H,11,13,15,19-23,25-27,29H2,1-10H3,(H,52,61);4*1H2/t31-,36-,37-,43-;;;;/m0..../s1. The summed E-state index contributed by atoms with van der Waals surface area (Å²) in [5.74, 6) is -1.67. The molecule has 6 bridgehead atoms. The van der Waals surface area contributed by atoms with Crippen molar-refractivity contribution < 1.29 is 33.4 Å². The Morgan fingerprint density at radius 1 is 1.00 bits per heavy atom. The van der Waals surface area contributed by atoms with Crippen LogP contribution in [0.2, 0.25) is 0 Å². The molecule has 394 valence electrons. The molecule has 4 aromatic rings. The molecule has 1 aromatic carbocycles. The second-order valence-corrected chi connectivity index (χ2v) is 20.4. The molecule has 3 aliphatic heterocycles. The maximum atomic E-state index is 14.7. The Labute approximate surface area is 450 Å². The number of likely N-dealkylation sites (N-methyl/N-ethyl adjacent to an activating group) is 2. The molecule has 3 aromatic heterocycles. The number of hydrogen-bond donors (Lipinski definition) is 2. The fraction of sp³-hybridized carbons (Fsp3) is 0.571. The number of nitrogens with zero attached hydrogens (tertiary/aromatic N) is 8. The summed E-state index contributed by atoms with van der Waals surface area (Å²) in [7, 11) is 6.97. The van der Waals surface area contributed by atoms with E-state index in [2.05, 4.69) is 60.3 Å².